The van der Waals surface area contributed by atoms with Crippen LogP contribution in [0.15, 0.2) is 0 Å². The molecular formula is C10H18FNO. The summed E-state index contributed by atoms with van der Waals surface area (Å²) in [5, 5.41) is 9.37. The van der Waals surface area contributed by atoms with Crippen LogP contribution in [0.2, 0.25) is 0 Å². The molecule has 0 aromatic rings. The molecule has 1 N–H and O–H groups in total. The van der Waals surface area contributed by atoms with E-state index in [2.05, 4.69) is 4.90 Å². The number of nitrogens with zero attached hydrogens (tertiary/aromatic N) is 1. The average molecular weight is 187 g/mol. The molecule has 0 unspecified atom stereocenters. The lowest BCUT2D eigenvalue weighted by molar-refractivity contribution is -0.0219. The first-order valence-electron chi connectivity index (χ1n) is 4.98. The van der Waals surface area contributed by atoms with Gasteiger partial charge in [0.2, 0.25) is 0 Å². The van der Waals surface area contributed by atoms with Gasteiger partial charge in [0.05, 0.1) is 6.61 Å². The van der Waals surface area contributed by atoms with E-state index in [1.54, 1.807) is 0 Å². The van der Waals surface area contributed by atoms with Gasteiger partial charge in [0.15, 0.2) is 0 Å². The lowest BCUT2D eigenvalue weighted by atomic mass is 9.70. The van der Waals surface area contributed by atoms with Crippen LogP contribution in [0.3, 0.4) is 0 Å². The van der Waals surface area contributed by atoms with Crippen molar-refractivity contribution in [2.24, 2.45) is 10.8 Å². The normalized spacial score (nSPS) is 51.2. The van der Waals surface area contributed by atoms with Gasteiger partial charge in [-0.05, 0) is 26.4 Å². The molecule has 13 heavy (non-hydrogen) atoms. The number of hydrogen-bond donors (Lipinski definition) is 1. The average Bonchev–Trinajstić information content (AvgIpc) is 2.73. The van der Waals surface area contributed by atoms with Crippen molar-refractivity contribution in [3.8, 4) is 0 Å². The minimum absolute atomic E-state index is 0.109. The zero-order valence-electron chi connectivity index (χ0n) is 8.39. The van der Waals surface area contributed by atoms with E-state index in [9.17, 15) is 9.50 Å². The van der Waals surface area contributed by atoms with Gasteiger partial charge in [-0.15, -0.1) is 0 Å². The summed E-state index contributed by atoms with van der Waals surface area (Å²) in [5.41, 5.74) is -0.409. The molecule has 1 heterocycles. The van der Waals surface area contributed by atoms with Crippen LogP contribution in [0.4, 0.5) is 4.39 Å². The Hall–Kier alpha value is -0.150. The summed E-state index contributed by atoms with van der Waals surface area (Å²) in [7, 11) is 2.04. The van der Waals surface area contributed by atoms with Crippen molar-refractivity contribution < 1.29 is 9.50 Å². The van der Waals surface area contributed by atoms with E-state index >= 15 is 0 Å². The molecule has 0 amide bonds. The SMILES string of the molecule is CN1CC[C@]2(C[C@H]2F)[C@](C)(CO)C1. The Morgan fingerprint density at radius 2 is 2.23 bits per heavy atom. The number of alkyl halides is 1. The van der Waals surface area contributed by atoms with E-state index in [0.29, 0.717) is 6.42 Å². The number of hydrogen-bond acceptors (Lipinski definition) is 2. The summed E-state index contributed by atoms with van der Waals surface area (Å²) >= 11 is 0. The second-order valence-corrected chi connectivity index (χ2v) is 5.03. The Morgan fingerprint density at radius 3 is 2.69 bits per heavy atom. The second kappa shape index (κ2) is 2.67. The third-order valence-corrected chi connectivity index (χ3v) is 4.09. The largest absolute Gasteiger partial charge is 0.396 e. The fourth-order valence-corrected chi connectivity index (χ4v) is 2.88. The molecule has 1 aliphatic carbocycles. The Kier molecular flexibility index (Phi) is 1.93. The van der Waals surface area contributed by atoms with E-state index in [1.807, 2.05) is 14.0 Å². The highest BCUT2D eigenvalue weighted by molar-refractivity contribution is 5.15. The molecule has 2 aliphatic rings. The van der Waals surface area contributed by atoms with Crippen LogP contribution in [-0.4, -0.2) is 42.9 Å². The Labute approximate surface area is 78.7 Å². The molecular weight excluding hydrogens is 169 g/mol. The van der Waals surface area contributed by atoms with Gasteiger partial charge in [-0.2, -0.15) is 0 Å². The molecule has 2 rings (SSSR count). The van der Waals surface area contributed by atoms with Crippen LogP contribution in [0, 0.1) is 10.8 Å². The van der Waals surface area contributed by atoms with Crippen LogP contribution >= 0.6 is 0 Å². The molecule has 76 valence electrons. The summed E-state index contributed by atoms with van der Waals surface area (Å²) in [6, 6.07) is 0. The lowest BCUT2D eigenvalue weighted by Gasteiger charge is -2.44. The quantitative estimate of drug-likeness (QED) is 0.663. The van der Waals surface area contributed by atoms with E-state index in [0.717, 1.165) is 19.5 Å². The van der Waals surface area contributed by atoms with E-state index < -0.39 is 6.17 Å². The van der Waals surface area contributed by atoms with Gasteiger partial charge in [0.25, 0.3) is 0 Å². The van der Waals surface area contributed by atoms with Gasteiger partial charge < -0.3 is 10.0 Å². The minimum atomic E-state index is -0.668. The van der Waals surface area contributed by atoms with Crippen molar-refractivity contribution in [3.05, 3.63) is 0 Å². The topological polar surface area (TPSA) is 23.5 Å². The third-order valence-electron chi connectivity index (χ3n) is 4.09. The number of halogens is 1. The van der Waals surface area contributed by atoms with E-state index in [4.69, 9.17) is 0 Å². The fourth-order valence-electron chi connectivity index (χ4n) is 2.88. The third kappa shape index (κ3) is 1.13. The predicted molar refractivity (Wildman–Crippen MR) is 49.3 cm³/mol. The van der Waals surface area contributed by atoms with Gasteiger partial charge in [0, 0.05) is 17.4 Å². The number of likely N-dealkylation sites (tertiary alicyclic amines) is 1. The van der Waals surface area contributed by atoms with Crippen molar-refractivity contribution in [2.45, 2.75) is 25.9 Å². The molecule has 0 bridgehead atoms. The molecule has 1 saturated carbocycles. The van der Waals surface area contributed by atoms with Crippen LogP contribution < -0.4 is 0 Å². The van der Waals surface area contributed by atoms with Crippen molar-refractivity contribution in [2.75, 3.05) is 26.7 Å². The van der Waals surface area contributed by atoms with Crippen molar-refractivity contribution >= 4 is 0 Å². The number of rotatable bonds is 1. The number of piperidine rings is 1. The van der Waals surface area contributed by atoms with Crippen molar-refractivity contribution in [1.29, 1.82) is 0 Å². The zero-order chi connectivity index (χ0) is 9.69. The standard InChI is InChI=1S/C10H18FNO/c1-9(7-13)6-12(2)4-3-10(9)5-8(10)11/h8,13H,3-7H2,1-2H3/t8-,9+,10-/m1/s1. The first kappa shape index (κ1) is 9.41. The van der Waals surface area contributed by atoms with Crippen LogP contribution in [0.25, 0.3) is 0 Å². The molecule has 1 aliphatic heterocycles. The zero-order valence-corrected chi connectivity index (χ0v) is 8.39. The predicted octanol–water partition coefficient (Wildman–Crippen LogP) is 1.05. The maximum absolute atomic E-state index is 13.3. The number of aliphatic hydroxyl groups is 1. The Balaban J connectivity index is 2.19. The van der Waals surface area contributed by atoms with Gasteiger partial charge in [-0.3, -0.25) is 0 Å². The highest BCUT2D eigenvalue weighted by atomic mass is 19.1. The molecule has 2 nitrogen and oxygen atoms in total. The minimum Gasteiger partial charge on any atom is -0.396 e. The summed E-state index contributed by atoms with van der Waals surface area (Å²) < 4.78 is 13.3. The highest BCUT2D eigenvalue weighted by Gasteiger charge is 2.66. The first-order valence-corrected chi connectivity index (χ1v) is 4.98. The van der Waals surface area contributed by atoms with E-state index in [1.165, 1.54) is 0 Å². The maximum Gasteiger partial charge on any atom is 0.107 e. The van der Waals surface area contributed by atoms with Gasteiger partial charge >= 0.3 is 0 Å². The maximum atomic E-state index is 13.3. The summed E-state index contributed by atoms with van der Waals surface area (Å²) in [4.78, 5) is 2.19. The van der Waals surface area contributed by atoms with Gasteiger partial charge in [-0.25, -0.2) is 4.39 Å². The Morgan fingerprint density at radius 1 is 1.62 bits per heavy atom. The molecule has 1 spiro atoms. The molecule has 3 heteroatoms. The second-order valence-electron chi connectivity index (χ2n) is 5.03. The smallest absolute Gasteiger partial charge is 0.107 e. The lowest BCUT2D eigenvalue weighted by Crippen LogP contribution is -2.50. The monoisotopic (exact) mass is 187 g/mol. The molecule has 3 atom stereocenters. The molecule has 2 fully saturated rings. The summed E-state index contributed by atoms with van der Waals surface area (Å²) in [5.74, 6) is 0. The summed E-state index contributed by atoms with van der Waals surface area (Å²) in [6.45, 7) is 3.92. The van der Waals surface area contributed by atoms with Gasteiger partial charge in [-0.1, -0.05) is 6.92 Å². The van der Waals surface area contributed by atoms with Crippen molar-refractivity contribution in [3.63, 3.8) is 0 Å². The summed E-state index contributed by atoms with van der Waals surface area (Å²) in [6.07, 6.45) is 0.901. The first-order chi connectivity index (χ1) is 6.04. The van der Waals surface area contributed by atoms with Crippen LogP contribution in [0.5, 0.6) is 0 Å². The van der Waals surface area contributed by atoms with Crippen LogP contribution in [0.1, 0.15) is 19.8 Å². The molecule has 1 saturated heterocycles. The van der Waals surface area contributed by atoms with Crippen molar-refractivity contribution in [1.82, 2.24) is 4.90 Å². The Bertz CT molecular complexity index is 223. The highest BCUT2D eigenvalue weighted by Crippen LogP contribution is 2.64. The molecule has 0 aromatic heterocycles. The molecule has 0 aromatic carbocycles. The fraction of sp³-hybridized carbons (Fsp3) is 1.00. The van der Waals surface area contributed by atoms with Crippen LogP contribution in [-0.2, 0) is 0 Å². The van der Waals surface area contributed by atoms with E-state index in [-0.39, 0.29) is 17.4 Å². The van der Waals surface area contributed by atoms with Gasteiger partial charge in [0.1, 0.15) is 6.17 Å². The molecule has 0 radical (unpaired) electrons. The number of aliphatic hydroxyl groups excluding tert-OH is 1.